The van der Waals surface area contributed by atoms with Gasteiger partial charge in [0.25, 0.3) is 0 Å². The average Bonchev–Trinajstić information content (AvgIpc) is 3.05. The minimum absolute atomic E-state index is 0.156. The van der Waals surface area contributed by atoms with E-state index in [2.05, 4.69) is 20.9 Å². The van der Waals surface area contributed by atoms with E-state index in [1.165, 1.54) is 11.8 Å². The van der Waals surface area contributed by atoms with Gasteiger partial charge in [0, 0.05) is 25.4 Å². The van der Waals surface area contributed by atoms with Gasteiger partial charge < -0.3 is 15.2 Å². The van der Waals surface area contributed by atoms with E-state index < -0.39 is 5.25 Å². The molecule has 2 amide bonds. The summed E-state index contributed by atoms with van der Waals surface area (Å²) in [5.41, 5.74) is 0. The van der Waals surface area contributed by atoms with Crippen molar-refractivity contribution >= 4 is 35.2 Å². The predicted octanol–water partition coefficient (Wildman–Crippen LogP) is 1.42. The van der Waals surface area contributed by atoms with E-state index in [1.807, 2.05) is 0 Å². The van der Waals surface area contributed by atoms with Crippen molar-refractivity contribution in [2.24, 2.45) is 7.05 Å². The van der Waals surface area contributed by atoms with Crippen molar-refractivity contribution in [1.82, 2.24) is 14.9 Å². The molecular weight excluding hydrogens is 306 g/mol. The number of thioether (sulfide) groups is 1. The van der Waals surface area contributed by atoms with Crippen LogP contribution < -0.4 is 10.6 Å². The lowest BCUT2D eigenvalue weighted by Crippen LogP contribution is -2.25. The Hall–Kier alpha value is -2.29. The van der Waals surface area contributed by atoms with Crippen LogP contribution in [0.15, 0.2) is 22.9 Å². The molecule has 0 saturated carbocycles. The first-order valence-corrected chi connectivity index (χ1v) is 7.64. The second-order valence-corrected chi connectivity index (χ2v) is 6.02. The molecule has 0 bridgehead atoms. The molecule has 0 radical (unpaired) electrons. The van der Waals surface area contributed by atoms with E-state index in [0.29, 0.717) is 17.4 Å². The van der Waals surface area contributed by atoms with Crippen LogP contribution >= 0.6 is 11.8 Å². The molecule has 0 saturated heterocycles. The summed E-state index contributed by atoms with van der Waals surface area (Å²) in [7, 11) is 1.77. The van der Waals surface area contributed by atoms with E-state index in [4.69, 9.17) is 4.52 Å². The number of nitrogens with one attached hydrogen (secondary N) is 2. The van der Waals surface area contributed by atoms with Gasteiger partial charge in [-0.2, -0.15) is 5.10 Å². The van der Waals surface area contributed by atoms with Gasteiger partial charge in [-0.15, -0.1) is 11.8 Å². The number of nitrogens with zero attached hydrogens (tertiary/aromatic N) is 3. The van der Waals surface area contributed by atoms with Crippen LogP contribution in [0.1, 0.15) is 12.7 Å². The van der Waals surface area contributed by atoms with E-state index in [9.17, 15) is 9.59 Å². The van der Waals surface area contributed by atoms with Gasteiger partial charge >= 0.3 is 0 Å². The van der Waals surface area contributed by atoms with Crippen molar-refractivity contribution in [2.45, 2.75) is 19.1 Å². The molecule has 2 rings (SSSR count). The van der Waals surface area contributed by atoms with Crippen molar-refractivity contribution in [3.05, 3.63) is 24.1 Å². The SMILES string of the molecule is Cc1cc(NC(=O)C(C)SCC(=O)Nc2ccn(C)n2)no1. The zero-order chi connectivity index (χ0) is 16.1. The van der Waals surface area contributed by atoms with Crippen LogP contribution in [-0.2, 0) is 16.6 Å². The summed E-state index contributed by atoms with van der Waals surface area (Å²) in [6, 6.07) is 3.33. The molecule has 0 spiro atoms. The monoisotopic (exact) mass is 323 g/mol. The summed E-state index contributed by atoms with van der Waals surface area (Å²) in [4.78, 5) is 23.7. The smallest absolute Gasteiger partial charge is 0.238 e. The zero-order valence-electron chi connectivity index (χ0n) is 12.5. The molecule has 2 aromatic rings. The lowest BCUT2D eigenvalue weighted by Gasteiger charge is -2.09. The van der Waals surface area contributed by atoms with E-state index in [1.54, 1.807) is 43.9 Å². The summed E-state index contributed by atoms with van der Waals surface area (Å²) in [6.07, 6.45) is 1.73. The van der Waals surface area contributed by atoms with E-state index in [-0.39, 0.29) is 17.6 Å². The minimum Gasteiger partial charge on any atom is -0.360 e. The molecule has 118 valence electrons. The van der Waals surface area contributed by atoms with Gasteiger partial charge in [0.2, 0.25) is 11.8 Å². The summed E-state index contributed by atoms with van der Waals surface area (Å²) >= 11 is 1.23. The lowest BCUT2D eigenvalue weighted by atomic mass is 10.4. The first-order chi connectivity index (χ1) is 10.4. The minimum atomic E-state index is -0.397. The number of aromatic nitrogens is 3. The molecule has 2 heterocycles. The van der Waals surface area contributed by atoms with Gasteiger partial charge in [-0.25, -0.2) is 0 Å². The van der Waals surface area contributed by atoms with E-state index in [0.717, 1.165) is 0 Å². The van der Waals surface area contributed by atoms with Gasteiger partial charge in [0.15, 0.2) is 11.6 Å². The first-order valence-electron chi connectivity index (χ1n) is 6.59. The third kappa shape index (κ3) is 4.62. The fourth-order valence-corrected chi connectivity index (χ4v) is 2.27. The second-order valence-electron chi connectivity index (χ2n) is 4.69. The standard InChI is InChI=1S/C13H17N5O3S/c1-8-6-11(17-21-8)15-13(20)9(2)22-7-12(19)14-10-4-5-18(3)16-10/h4-6,9H,7H2,1-3H3,(H,14,16,19)(H,15,17,20). The molecule has 0 aliphatic heterocycles. The molecule has 0 fully saturated rings. The van der Waals surface area contributed by atoms with Crippen molar-refractivity contribution in [1.29, 1.82) is 0 Å². The Bertz CT molecular complexity index is 666. The normalized spacial score (nSPS) is 12.0. The molecular formula is C13H17N5O3S. The van der Waals surface area contributed by atoms with Gasteiger partial charge in [0.1, 0.15) is 5.76 Å². The number of carbonyl (C=O) groups excluding carboxylic acids is 2. The van der Waals surface area contributed by atoms with Gasteiger partial charge in [-0.1, -0.05) is 5.16 Å². The predicted molar refractivity (Wildman–Crippen MR) is 83.6 cm³/mol. The highest BCUT2D eigenvalue weighted by Gasteiger charge is 2.17. The third-order valence-corrected chi connectivity index (χ3v) is 3.84. The van der Waals surface area contributed by atoms with Crippen LogP contribution in [0.5, 0.6) is 0 Å². The highest BCUT2D eigenvalue weighted by atomic mass is 32.2. The average molecular weight is 323 g/mol. The summed E-state index contributed by atoms with van der Waals surface area (Å²) < 4.78 is 6.46. The highest BCUT2D eigenvalue weighted by molar-refractivity contribution is 8.01. The Morgan fingerprint density at radius 1 is 1.41 bits per heavy atom. The lowest BCUT2D eigenvalue weighted by molar-refractivity contribution is -0.115. The molecule has 0 aromatic carbocycles. The third-order valence-electron chi connectivity index (χ3n) is 2.69. The Kier molecular flexibility index (Phi) is 5.21. The number of rotatable bonds is 6. The molecule has 9 heteroatoms. The fraction of sp³-hybridized carbons (Fsp3) is 0.385. The highest BCUT2D eigenvalue weighted by Crippen LogP contribution is 2.14. The topological polar surface area (TPSA) is 102 Å². The summed E-state index contributed by atoms with van der Waals surface area (Å²) in [5.74, 6) is 1.19. The van der Waals surface area contributed by atoms with Crippen LogP contribution in [0.2, 0.25) is 0 Å². The fourth-order valence-electron chi connectivity index (χ4n) is 1.59. The number of anilines is 2. The molecule has 22 heavy (non-hydrogen) atoms. The maximum atomic E-state index is 11.9. The van der Waals surface area contributed by atoms with Crippen molar-refractivity contribution < 1.29 is 14.1 Å². The number of amides is 2. The largest absolute Gasteiger partial charge is 0.360 e. The molecule has 2 aromatic heterocycles. The van der Waals surface area contributed by atoms with Crippen LogP contribution in [0.4, 0.5) is 11.6 Å². The zero-order valence-corrected chi connectivity index (χ0v) is 13.3. The van der Waals surface area contributed by atoms with Crippen LogP contribution in [0.25, 0.3) is 0 Å². The van der Waals surface area contributed by atoms with Crippen LogP contribution in [0, 0.1) is 6.92 Å². The van der Waals surface area contributed by atoms with Crippen molar-refractivity contribution in [3.8, 4) is 0 Å². The molecule has 0 aliphatic carbocycles. The summed E-state index contributed by atoms with van der Waals surface area (Å²) in [5, 5.41) is 12.6. The van der Waals surface area contributed by atoms with Crippen LogP contribution in [-0.4, -0.2) is 37.8 Å². The van der Waals surface area contributed by atoms with Crippen molar-refractivity contribution in [2.75, 3.05) is 16.4 Å². The molecule has 1 unspecified atom stereocenters. The van der Waals surface area contributed by atoms with Gasteiger partial charge in [-0.3, -0.25) is 14.3 Å². The number of carbonyl (C=O) groups is 2. The Balaban J connectivity index is 1.75. The molecule has 0 aliphatic rings. The van der Waals surface area contributed by atoms with E-state index >= 15 is 0 Å². The maximum Gasteiger partial charge on any atom is 0.238 e. The molecule has 2 N–H and O–H groups in total. The quantitative estimate of drug-likeness (QED) is 0.833. The Labute approximate surface area is 131 Å². The van der Waals surface area contributed by atoms with Gasteiger partial charge in [-0.05, 0) is 13.8 Å². The Morgan fingerprint density at radius 3 is 2.77 bits per heavy atom. The van der Waals surface area contributed by atoms with Crippen molar-refractivity contribution in [3.63, 3.8) is 0 Å². The number of hydrogen-bond donors (Lipinski definition) is 2. The second kappa shape index (κ2) is 7.12. The Morgan fingerprint density at radius 2 is 2.18 bits per heavy atom. The van der Waals surface area contributed by atoms with Gasteiger partial charge in [0.05, 0.1) is 11.0 Å². The number of aryl methyl sites for hydroxylation is 2. The number of hydrogen-bond acceptors (Lipinski definition) is 6. The molecule has 1 atom stereocenters. The van der Waals surface area contributed by atoms with Crippen LogP contribution in [0.3, 0.4) is 0 Å². The summed E-state index contributed by atoms with van der Waals surface area (Å²) in [6.45, 7) is 3.46. The first kappa shape index (κ1) is 16.1. The molecule has 8 nitrogen and oxygen atoms in total. The maximum absolute atomic E-state index is 11.9.